The van der Waals surface area contributed by atoms with Crippen molar-refractivity contribution in [2.45, 2.75) is 13.0 Å². The summed E-state index contributed by atoms with van der Waals surface area (Å²) in [6, 6.07) is 18.7. The number of H-pyrrole nitrogens is 1. The van der Waals surface area contributed by atoms with Crippen LogP contribution in [0.15, 0.2) is 59.1 Å². The van der Waals surface area contributed by atoms with Crippen LogP contribution in [-0.2, 0) is 39.4 Å². The summed E-state index contributed by atoms with van der Waals surface area (Å²) in [5.41, 5.74) is 2.61. The number of hydrogen-bond donors (Lipinski definition) is 1. The molecule has 3 aromatic rings. The van der Waals surface area contributed by atoms with Crippen molar-refractivity contribution < 1.29 is 19.4 Å². The van der Waals surface area contributed by atoms with E-state index in [1.165, 1.54) is 11.1 Å². The number of benzene rings is 2. The average molecular weight is 806 g/mol. The predicted octanol–water partition coefficient (Wildman–Crippen LogP) is 5.37. The third kappa shape index (κ3) is 8.15. The number of nitrogens with zero attached hydrogens (tertiary/aromatic N) is 3. The molecule has 0 aliphatic carbocycles. The van der Waals surface area contributed by atoms with E-state index in [1.54, 1.807) is 0 Å². The van der Waals surface area contributed by atoms with Crippen molar-refractivity contribution in [3.63, 3.8) is 0 Å². The SMILES string of the molecule is Brc1ccc(CN(I)I)cc1.Cn1[nH]c(Cc2ccccc2)n[c]1=[Pt]. The van der Waals surface area contributed by atoms with Crippen molar-refractivity contribution in [2.75, 3.05) is 0 Å². The summed E-state index contributed by atoms with van der Waals surface area (Å²) < 4.78 is 6.13. The summed E-state index contributed by atoms with van der Waals surface area (Å²) in [5, 5.41) is 3.19. The molecule has 4 nitrogen and oxygen atoms in total. The normalized spacial score (nSPS) is 10.5. The van der Waals surface area contributed by atoms with Gasteiger partial charge in [-0.05, 0) is 17.7 Å². The van der Waals surface area contributed by atoms with Gasteiger partial charge >= 0.3 is 93.1 Å². The van der Waals surface area contributed by atoms with Gasteiger partial charge in [-0.2, -0.15) is 1.33 Å². The number of aromatic nitrogens is 3. The van der Waals surface area contributed by atoms with E-state index in [2.05, 4.69) is 129 Å². The Balaban J connectivity index is 0.000000186. The van der Waals surface area contributed by atoms with E-state index < -0.39 is 0 Å². The van der Waals surface area contributed by atoms with Crippen molar-refractivity contribution in [3.05, 3.63) is 79.8 Å². The second kappa shape index (κ2) is 11.1. The minimum atomic E-state index is 0.859. The van der Waals surface area contributed by atoms with Crippen molar-refractivity contribution in [1.29, 1.82) is 0 Å². The van der Waals surface area contributed by atoms with Crippen molar-refractivity contribution >= 4 is 61.7 Å². The molecule has 0 radical (unpaired) electrons. The molecule has 3 rings (SSSR count). The third-order valence-electron chi connectivity index (χ3n) is 3.20. The first-order chi connectivity index (χ1) is 11.9. The second-order valence-corrected chi connectivity index (χ2v) is 11.3. The van der Waals surface area contributed by atoms with Crippen LogP contribution in [0.5, 0.6) is 0 Å². The van der Waals surface area contributed by atoms with Gasteiger partial charge < -0.3 is 0 Å². The zero-order valence-corrected chi connectivity index (χ0v) is 21.6. The quantitative estimate of drug-likeness (QED) is 0.285. The number of halogens is 3. The monoisotopic (exact) mass is 805 g/mol. The fourth-order valence-electron chi connectivity index (χ4n) is 2.04. The summed E-state index contributed by atoms with van der Waals surface area (Å²) >= 11 is 10.1. The fourth-order valence-corrected chi connectivity index (χ4v) is 3.52. The Morgan fingerprint density at radius 3 is 2.24 bits per heavy atom. The first-order valence-electron chi connectivity index (χ1n) is 7.39. The van der Waals surface area contributed by atoms with Gasteiger partial charge in [0, 0.05) is 56.7 Å². The summed E-state index contributed by atoms with van der Waals surface area (Å²) in [6.07, 6.45) is 0.859. The molecule has 0 saturated heterocycles. The molecule has 1 aromatic heterocycles. The molecule has 1 heterocycles. The van der Waals surface area contributed by atoms with Crippen LogP contribution in [0.2, 0.25) is 0 Å². The van der Waals surface area contributed by atoms with Gasteiger partial charge in [-0.15, -0.1) is 0 Å². The topological polar surface area (TPSA) is 36.9 Å². The summed E-state index contributed by atoms with van der Waals surface area (Å²) in [7, 11) is 1.96. The Hall–Kier alpha value is 0.168. The van der Waals surface area contributed by atoms with Crippen molar-refractivity contribution in [1.82, 2.24) is 16.1 Å². The van der Waals surface area contributed by atoms with Crippen LogP contribution in [0.4, 0.5) is 0 Å². The molecular formula is C17H17BrI2N4Pt. The standard InChI is InChI=1S/C10H11N3.C7H6BrI2N.Pt/c1-13-8-11-10(12-13)7-9-5-3-2-4-6-9;8-7-3-1-6(2-4-7)5-11(9)10;/h2-6H,7H2,1H3,(H,11,12);1-4H,5H2;. The van der Waals surface area contributed by atoms with E-state index in [-0.39, 0.29) is 0 Å². The molecule has 8 heteroatoms. The molecule has 136 valence electrons. The Kier molecular flexibility index (Phi) is 9.54. The second-order valence-electron chi connectivity index (χ2n) is 5.22. The summed E-state index contributed by atoms with van der Waals surface area (Å²) in [5.74, 6) is 1.00. The van der Waals surface area contributed by atoms with E-state index >= 15 is 0 Å². The van der Waals surface area contributed by atoms with Gasteiger partial charge in [0.1, 0.15) is 0 Å². The van der Waals surface area contributed by atoms with Crippen LogP contribution in [-0.4, -0.2) is 16.1 Å². The van der Waals surface area contributed by atoms with Crippen LogP contribution in [0.3, 0.4) is 0 Å². The van der Waals surface area contributed by atoms with Crippen molar-refractivity contribution in [2.24, 2.45) is 7.05 Å². The molecule has 1 N–H and O–H groups in total. The Bertz CT molecular complexity index is 832. The molecule has 0 spiro atoms. The summed E-state index contributed by atoms with van der Waals surface area (Å²) in [4.78, 5) is 4.40. The number of hydrogen-bond acceptors (Lipinski definition) is 2. The van der Waals surface area contributed by atoms with Crippen LogP contribution < -0.4 is 0 Å². The molecule has 0 fully saturated rings. The molecule has 0 saturated carbocycles. The average Bonchev–Trinajstić information content (AvgIpc) is 2.88. The predicted molar refractivity (Wildman–Crippen MR) is 118 cm³/mol. The number of aromatic amines is 1. The molecular weight excluding hydrogens is 789 g/mol. The molecule has 0 bridgehead atoms. The maximum atomic E-state index is 4.40. The van der Waals surface area contributed by atoms with E-state index in [0.29, 0.717) is 0 Å². The van der Waals surface area contributed by atoms with Crippen LogP contribution >= 0.6 is 61.7 Å². The van der Waals surface area contributed by atoms with Gasteiger partial charge in [0.05, 0.1) is 0 Å². The van der Waals surface area contributed by atoms with E-state index in [9.17, 15) is 0 Å². The number of rotatable bonds is 4. The fraction of sp³-hybridized carbons (Fsp3) is 0.176. The maximum absolute atomic E-state index is 4.40. The minimum absolute atomic E-state index is 0.859. The van der Waals surface area contributed by atoms with E-state index in [0.717, 1.165) is 27.1 Å². The molecule has 0 amide bonds. The number of nitrogens with one attached hydrogen (secondary N) is 1. The van der Waals surface area contributed by atoms with E-state index in [1.807, 2.05) is 29.9 Å². The van der Waals surface area contributed by atoms with Gasteiger partial charge in [0.15, 0.2) is 0 Å². The molecule has 0 unspecified atom stereocenters. The molecule has 0 aliphatic rings. The zero-order valence-electron chi connectivity index (χ0n) is 13.4. The Labute approximate surface area is 194 Å². The van der Waals surface area contributed by atoms with Gasteiger partial charge in [-0.25, -0.2) is 0 Å². The van der Waals surface area contributed by atoms with Gasteiger partial charge in [-0.1, -0.05) is 28.1 Å². The third-order valence-corrected chi connectivity index (χ3v) is 5.43. The Morgan fingerprint density at radius 1 is 1.08 bits per heavy atom. The zero-order chi connectivity index (χ0) is 18.2. The summed E-state index contributed by atoms with van der Waals surface area (Å²) in [6.45, 7) is 0.981. The van der Waals surface area contributed by atoms with E-state index in [4.69, 9.17) is 0 Å². The Morgan fingerprint density at radius 2 is 1.72 bits per heavy atom. The van der Waals surface area contributed by atoms with Gasteiger partial charge in [0.25, 0.3) is 0 Å². The van der Waals surface area contributed by atoms with Gasteiger partial charge in [-0.3, -0.25) is 0 Å². The first-order valence-corrected chi connectivity index (χ1v) is 11.2. The van der Waals surface area contributed by atoms with Crippen LogP contribution in [0.25, 0.3) is 0 Å². The van der Waals surface area contributed by atoms with Crippen molar-refractivity contribution in [3.8, 4) is 0 Å². The molecule has 0 atom stereocenters. The van der Waals surface area contributed by atoms with Crippen LogP contribution in [0.1, 0.15) is 17.0 Å². The molecule has 0 aliphatic heterocycles. The molecule has 2 aromatic carbocycles. The first kappa shape index (κ1) is 21.5. The van der Waals surface area contributed by atoms with Crippen LogP contribution in [0, 0.1) is 3.80 Å². The number of aryl methyl sites for hydroxylation is 1. The molecule has 25 heavy (non-hydrogen) atoms. The van der Waals surface area contributed by atoms with Gasteiger partial charge in [0.2, 0.25) is 0 Å².